The minimum Gasteiger partial charge on any atom is -0.480 e. The van der Waals surface area contributed by atoms with Crippen molar-refractivity contribution in [3.63, 3.8) is 0 Å². The molecule has 0 aromatic carbocycles. The van der Waals surface area contributed by atoms with E-state index in [4.69, 9.17) is 33.1 Å². The van der Waals surface area contributed by atoms with Gasteiger partial charge in [0.1, 0.15) is 12.1 Å². The molecule has 12 nitrogen and oxygen atoms in total. The van der Waals surface area contributed by atoms with Crippen molar-refractivity contribution in [2.75, 3.05) is 27.2 Å². The number of nitrogens with one attached hydrogen (secondary N) is 2. The van der Waals surface area contributed by atoms with Crippen molar-refractivity contribution < 1.29 is 19.8 Å². The second-order valence-electron chi connectivity index (χ2n) is 5.26. The zero-order valence-corrected chi connectivity index (χ0v) is 15.3. The van der Waals surface area contributed by atoms with Crippen molar-refractivity contribution in [2.45, 2.75) is 37.8 Å². The van der Waals surface area contributed by atoms with Crippen LogP contribution in [0.25, 0.3) is 0 Å². The highest BCUT2D eigenvalue weighted by Crippen LogP contribution is 1.97. The number of hydrogen-bond donors (Lipinski definition) is 8. The average molecular weight is 376 g/mol. The summed E-state index contributed by atoms with van der Waals surface area (Å²) in [7, 11) is 3.22. The molecule has 0 amide bonds. The number of aliphatic carboxylic acids is 2. The van der Waals surface area contributed by atoms with Crippen LogP contribution in [0.4, 0.5) is 0 Å². The lowest BCUT2D eigenvalue weighted by Crippen LogP contribution is -2.33. The largest absolute Gasteiger partial charge is 0.480 e. The molecule has 0 unspecified atom stereocenters. The Hall–Kier alpha value is -2.60. The number of hydrogen-bond acceptors (Lipinski definition) is 6. The Morgan fingerprint density at radius 3 is 1.31 bits per heavy atom. The maximum Gasteiger partial charge on any atom is 0.320 e. The number of guanidine groups is 2. The van der Waals surface area contributed by atoms with Crippen molar-refractivity contribution in [3.8, 4) is 0 Å². The van der Waals surface area contributed by atoms with Gasteiger partial charge in [0.05, 0.1) is 0 Å². The summed E-state index contributed by atoms with van der Waals surface area (Å²) < 4.78 is 0. The summed E-state index contributed by atoms with van der Waals surface area (Å²) in [6.07, 6.45) is 2.33. The highest BCUT2D eigenvalue weighted by Gasteiger charge is 2.13. The van der Waals surface area contributed by atoms with E-state index in [0.29, 0.717) is 38.8 Å². The minimum absolute atomic E-state index is 0.0383. The SMILES string of the molecule is CN[C@@H](CCCN=C(N)N)C(=O)O.CN[C@@H](CCCN=C(N)N)C(=O)O. The predicted octanol–water partition coefficient (Wildman–Crippen LogP) is -2.57. The molecular formula is C14H32N8O4. The fraction of sp³-hybridized carbons (Fsp3) is 0.714. The van der Waals surface area contributed by atoms with E-state index in [-0.39, 0.29) is 11.9 Å². The van der Waals surface area contributed by atoms with E-state index in [1.807, 2.05) is 0 Å². The molecule has 0 aliphatic rings. The van der Waals surface area contributed by atoms with E-state index in [0.717, 1.165) is 0 Å². The van der Waals surface area contributed by atoms with E-state index in [9.17, 15) is 9.59 Å². The summed E-state index contributed by atoms with van der Waals surface area (Å²) in [5, 5.41) is 22.6. The Morgan fingerprint density at radius 1 is 0.808 bits per heavy atom. The molecule has 0 fully saturated rings. The lowest BCUT2D eigenvalue weighted by Gasteiger charge is -2.09. The maximum atomic E-state index is 10.5. The zero-order valence-electron chi connectivity index (χ0n) is 15.3. The summed E-state index contributed by atoms with van der Waals surface area (Å²) in [5.74, 6) is -1.63. The lowest BCUT2D eigenvalue weighted by molar-refractivity contribution is -0.140. The standard InChI is InChI=1S/2C7H16N4O2/c2*1-10-5(6(12)13)3-2-4-11-7(8)9/h2*5,10H,2-4H2,1H3,(H,12,13)(H4,8,9,11)/t2*5-/m00/s1. The first-order valence-electron chi connectivity index (χ1n) is 8.06. The topological polar surface area (TPSA) is 227 Å². The molecule has 0 heterocycles. The molecule has 0 aliphatic carbocycles. The first-order valence-corrected chi connectivity index (χ1v) is 8.06. The highest BCUT2D eigenvalue weighted by atomic mass is 16.4. The molecule has 0 aliphatic heterocycles. The molecule has 0 aromatic heterocycles. The summed E-state index contributed by atoms with van der Waals surface area (Å²) in [4.78, 5) is 28.5. The van der Waals surface area contributed by atoms with Gasteiger partial charge in [-0.15, -0.1) is 0 Å². The molecule has 2 atom stereocenters. The van der Waals surface area contributed by atoms with Crippen LogP contribution >= 0.6 is 0 Å². The molecule has 0 radical (unpaired) electrons. The summed E-state index contributed by atoms with van der Waals surface area (Å²) >= 11 is 0. The van der Waals surface area contributed by atoms with E-state index in [2.05, 4.69) is 20.6 Å². The van der Waals surface area contributed by atoms with Gasteiger partial charge >= 0.3 is 11.9 Å². The second kappa shape index (κ2) is 15.9. The van der Waals surface area contributed by atoms with E-state index in [1.54, 1.807) is 14.1 Å². The Balaban J connectivity index is 0. The summed E-state index contributed by atoms with van der Waals surface area (Å²) in [6.45, 7) is 0.932. The number of rotatable bonds is 12. The molecule has 0 aromatic rings. The number of carboxylic acid groups (broad SMARTS) is 2. The Labute approximate surface area is 153 Å². The fourth-order valence-electron chi connectivity index (χ4n) is 1.79. The van der Waals surface area contributed by atoms with Crippen LogP contribution in [0.3, 0.4) is 0 Å². The van der Waals surface area contributed by atoms with Gasteiger partial charge in [0, 0.05) is 13.1 Å². The van der Waals surface area contributed by atoms with Gasteiger partial charge in [-0.25, -0.2) is 0 Å². The van der Waals surface area contributed by atoms with Crippen LogP contribution in [0, 0.1) is 0 Å². The summed E-state index contributed by atoms with van der Waals surface area (Å²) in [6, 6.07) is -1.04. The second-order valence-corrected chi connectivity index (χ2v) is 5.26. The van der Waals surface area contributed by atoms with Gasteiger partial charge in [0.25, 0.3) is 0 Å². The molecule has 152 valence electrons. The predicted molar refractivity (Wildman–Crippen MR) is 101 cm³/mol. The minimum atomic E-state index is -0.854. The monoisotopic (exact) mass is 376 g/mol. The van der Waals surface area contributed by atoms with Gasteiger partial charge in [-0.2, -0.15) is 0 Å². The summed E-state index contributed by atoms with van der Waals surface area (Å²) in [5.41, 5.74) is 20.4. The number of likely N-dealkylation sites (N-methyl/N-ethyl adjacent to an activating group) is 2. The number of aliphatic imine (C=N–C) groups is 2. The first kappa shape index (κ1) is 25.6. The maximum absolute atomic E-state index is 10.5. The van der Waals surface area contributed by atoms with E-state index in [1.165, 1.54) is 0 Å². The van der Waals surface area contributed by atoms with Crippen LogP contribution in [-0.4, -0.2) is 73.3 Å². The zero-order chi connectivity index (χ0) is 20.5. The van der Waals surface area contributed by atoms with E-state index < -0.39 is 24.0 Å². The molecule has 0 bridgehead atoms. The number of nitrogens with zero attached hydrogens (tertiary/aromatic N) is 2. The first-order chi connectivity index (χ1) is 12.1. The Morgan fingerprint density at radius 2 is 1.12 bits per heavy atom. The molecule has 0 saturated carbocycles. The molecule has 12 N–H and O–H groups in total. The van der Waals surface area contributed by atoms with Gasteiger partial charge < -0.3 is 43.8 Å². The molecule has 26 heavy (non-hydrogen) atoms. The normalized spacial score (nSPS) is 12.1. The quantitative estimate of drug-likeness (QED) is 0.101. The van der Waals surface area contributed by atoms with Crippen LogP contribution in [0.15, 0.2) is 9.98 Å². The Bertz CT molecular complexity index is 420. The number of nitrogens with two attached hydrogens (primary N) is 4. The van der Waals surface area contributed by atoms with Crippen molar-refractivity contribution in [2.24, 2.45) is 32.9 Å². The lowest BCUT2D eigenvalue weighted by atomic mass is 10.1. The smallest absolute Gasteiger partial charge is 0.320 e. The van der Waals surface area contributed by atoms with Crippen molar-refractivity contribution in [1.29, 1.82) is 0 Å². The van der Waals surface area contributed by atoms with Crippen LogP contribution in [0.2, 0.25) is 0 Å². The third-order valence-corrected chi connectivity index (χ3v) is 3.18. The number of carboxylic acids is 2. The third kappa shape index (κ3) is 16.3. The van der Waals surface area contributed by atoms with Gasteiger partial charge in [0.15, 0.2) is 11.9 Å². The van der Waals surface area contributed by atoms with Gasteiger partial charge in [0.2, 0.25) is 0 Å². The Kier molecular flexibility index (Phi) is 15.7. The highest BCUT2D eigenvalue weighted by molar-refractivity contribution is 5.76. The average Bonchev–Trinajstić information content (AvgIpc) is 2.54. The molecular weight excluding hydrogens is 344 g/mol. The van der Waals surface area contributed by atoms with Gasteiger partial charge in [-0.1, -0.05) is 0 Å². The third-order valence-electron chi connectivity index (χ3n) is 3.18. The molecule has 0 saturated heterocycles. The van der Waals surface area contributed by atoms with Gasteiger partial charge in [-0.3, -0.25) is 19.6 Å². The molecule has 0 rings (SSSR count). The molecule has 0 spiro atoms. The van der Waals surface area contributed by atoms with Crippen molar-refractivity contribution >= 4 is 23.9 Å². The van der Waals surface area contributed by atoms with Crippen LogP contribution in [-0.2, 0) is 9.59 Å². The van der Waals surface area contributed by atoms with Crippen molar-refractivity contribution in [1.82, 2.24) is 10.6 Å². The van der Waals surface area contributed by atoms with Crippen molar-refractivity contribution in [3.05, 3.63) is 0 Å². The van der Waals surface area contributed by atoms with Crippen LogP contribution in [0.1, 0.15) is 25.7 Å². The number of carbonyl (C=O) groups is 2. The molecule has 12 heteroatoms. The van der Waals surface area contributed by atoms with Crippen LogP contribution < -0.4 is 33.6 Å². The van der Waals surface area contributed by atoms with Crippen LogP contribution in [0.5, 0.6) is 0 Å². The van der Waals surface area contributed by atoms with E-state index >= 15 is 0 Å². The fourth-order valence-corrected chi connectivity index (χ4v) is 1.79. The van der Waals surface area contributed by atoms with Gasteiger partial charge in [-0.05, 0) is 39.8 Å².